The Morgan fingerprint density at radius 1 is 0.812 bits per heavy atom. The van der Waals surface area contributed by atoms with Gasteiger partial charge in [-0.15, -0.1) is 46.4 Å². The lowest BCUT2D eigenvalue weighted by atomic mass is 11.0. The van der Waals surface area contributed by atoms with Crippen LogP contribution < -0.4 is 0 Å². The molecule has 0 rings (SSSR count). The molecule has 0 aromatic rings. The molecular weight excluding hydrogens is 450 g/mol. The van der Waals surface area contributed by atoms with Gasteiger partial charge < -0.3 is 0 Å². The Morgan fingerprint density at radius 2 is 0.812 bits per heavy atom. The fraction of sp³-hybridized carbons (Fsp3) is 1.00. The van der Waals surface area contributed by atoms with Gasteiger partial charge in [0.25, 0.3) is 3.25 Å². The molecule has 0 saturated heterocycles. The Balaban J connectivity index is -0.0000000610. The number of hydrogen-bond donors (Lipinski definition) is 0. The summed E-state index contributed by atoms with van der Waals surface area (Å²) in [5, 5.41) is 0.194. The van der Waals surface area contributed by atoms with E-state index >= 15 is 0 Å². The molecule has 0 aromatic carbocycles. The SMILES string of the molecule is CC(Cl)Cl.ClC(Cl)(Cl)Cl.ClC(Cl)Cl.ClCCl. The van der Waals surface area contributed by atoms with Gasteiger partial charge in [0, 0.05) is 0 Å². The minimum absolute atomic E-state index is 0.194. The average Bonchev–Trinajstić information content (AvgIpc) is 1.78. The molecule has 0 radical (unpaired) electrons. The lowest BCUT2D eigenvalue weighted by Crippen LogP contribution is -1.81. The van der Waals surface area contributed by atoms with E-state index in [4.69, 9.17) is 128 Å². The van der Waals surface area contributed by atoms with Crippen molar-refractivity contribution in [1.82, 2.24) is 0 Å². The molecule has 16 heavy (non-hydrogen) atoms. The number of halogens is 11. The van der Waals surface area contributed by atoms with Crippen molar-refractivity contribution in [2.75, 3.05) is 5.34 Å². The van der Waals surface area contributed by atoms with E-state index in [9.17, 15) is 0 Å². The van der Waals surface area contributed by atoms with E-state index in [2.05, 4.69) is 0 Å². The summed E-state index contributed by atoms with van der Waals surface area (Å²) >= 11 is 53.3. The van der Waals surface area contributed by atoms with Crippen LogP contribution in [0.15, 0.2) is 0 Å². The summed E-state index contributed by atoms with van der Waals surface area (Å²) in [4.78, 5) is -0.222. The van der Waals surface area contributed by atoms with E-state index in [-0.39, 0.29) is 10.2 Å². The summed E-state index contributed by atoms with van der Waals surface area (Å²) < 4.78 is -2.36. The van der Waals surface area contributed by atoms with Gasteiger partial charge in [-0.2, -0.15) is 0 Å². The molecule has 0 heterocycles. The Morgan fingerprint density at radius 3 is 0.812 bits per heavy atom. The minimum atomic E-state index is -1.61. The number of alkyl halides is 11. The van der Waals surface area contributed by atoms with Crippen LogP contribution in [-0.2, 0) is 0 Å². The molecule has 0 aliphatic carbocycles. The quantitative estimate of drug-likeness (QED) is 0.326. The summed E-state index contributed by atoms with van der Waals surface area (Å²) in [5.74, 6) is 0. The van der Waals surface area contributed by atoms with Crippen molar-refractivity contribution >= 4 is 128 Å². The number of rotatable bonds is 0. The second-order valence-electron chi connectivity index (χ2n) is 1.30. The Labute approximate surface area is 151 Å². The van der Waals surface area contributed by atoms with Crippen LogP contribution >= 0.6 is 128 Å². The summed E-state index contributed by atoms with van der Waals surface area (Å²) in [6.45, 7) is 1.70. The van der Waals surface area contributed by atoms with Gasteiger partial charge in [-0.25, -0.2) is 0 Å². The van der Waals surface area contributed by atoms with E-state index in [1.165, 1.54) is 0 Å². The molecule has 0 fully saturated rings. The summed E-state index contributed by atoms with van der Waals surface area (Å²) in [6, 6.07) is 0. The first kappa shape index (κ1) is 27.5. The Bertz CT molecular complexity index is 79.5. The van der Waals surface area contributed by atoms with E-state index < -0.39 is 7.55 Å². The summed E-state index contributed by atoms with van der Waals surface area (Å²) in [7, 11) is 0. The predicted molar refractivity (Wildman–Crippen MR) is 85.2 cm³/mol. The molecular formula is C5H7Cl11. The molecule has 0 saturated carbocycles. The summed E-state index contributed by atoms with van der Waals surface area (Å²) in [6.07, 6.45) is 0. The van der Waals surface area contributed by atoms with Crippen LogP contribution in [0, 0.1) is 0 Å². The van der Waals surface area contributed by atoms with Crippen LogP contribution in [0.1, 0.15) is 6.92 Å². The first-order chi connectivity index (χ1) is 6.88. The highest BCUT2D eigenvalue weighted by atomic mass is 35.6. The van der Waals surface area contributed by atoms with Crippen LogP contribution in [-0.4, -0.2) is 17.7 Å². The maximum Gasteiger partial charge on any atom is 0.266 e. The zero-order valence-electron chi connectivity index (χ0n) is 7.52. The Kier molecular flexibility index (Phi) is 35.3. The maximum atomic E-state index is 5.04. The third-order valence-corrected chi connectivity index (χ3v) is 0. The highest BCUT2D eigenvalue weighted by Gasteiger charge is 2.11. The molecule has 11 heteroatoms. The molecule has 0 unspecified atom stereocenters. The van der Waals surface area contributed by atoms with E-state index in [1.807, 2.05) is 0 Å². The second-order valence-corrected chi connectivity index (χ2v) is 9.04. The van der Waals surface area contributed by atoms with Crippen molar-refractivity contribution in [3.8, 4) is 0 Å². The Hall–Kier alpha value is 3.19. The molecule has 0 amide bonds. The van der Waals surface area contributed by atoms with Gasteiger partial charge in [-0.3, -0.25) is 0 Å². The standard InChI is InChI=1S/C2H4Cl2.CCl4.CHCl3.CH2Cl2/c1-2(3)4;2-1(3,4)5;2-1(3)4;2-1-3/h2H,1H3;;1H;1H2. The van der Waals surface area contributed by atoms with Crippen molar-refractivity contribution in [2.24, 2.45) is 0 Å². The van der Waals surface area contributed by atoms with Crippen LogP contribution in [0.2, 0.25) is 0 Å². The van der Waals surface area contributed by atoms with Gasteiger partial charge >= 0.3 is 0 Å². The maximum absolute atomic E-state index is 5.04. The zero-order valence-corrected chi connectivity index (χ0v) is 15.8. The van der Waals surface area contributed by atoms with E-state index in [1.54, 1.807) is 6.92 Å². The zero-order chi connectivity index (χ0) is 14.4. The third kappa shape index (κ3) is 443. The molecule has 0 aromatic heterocycles. The smallest absolute Gasteiger partial charge is 0.109 e. The fourth-order valence-electron chi connectivity index (χ4n) is 0. The molecule has 0 aliphatic rings. The van der Waals surface area contributed by atoms with Crippen LogP contribution in [0.5, 0.6) is 0 Å². The number of hydrogen-bond acceptors (Lipinski definition) is 0. The van der Waals surface area contributed by atoms with Crippen LogP contribution in [0.4, 0.5) is 0 Å². The van der Waals surface area contributed by atoms with Gasteiger partial charge in [0.1, 0.15) is 4.84 Å². The molecule has 0 spiro atoms. The highest BCUT2D eigenvalue weighted by molar-refractivity contribution is 6.83. The topological polar surface area (TPSA) is 0 Å². The van der Waals surface area contributed by atoms with E-state index in [0.29, 0.717) is 0 Å². The largest absolute Gasteiger partial charge is 0.266 e. The lowest BCUT2D eigenvalue weighted by molar-refractivity contribution is 1.39. The normalized spacial score (nSPS) is 9.38. The van der Waals surface area contributed by atoms with Crippen molar-refractivity contribution < 1.29 is 0 Å². The predicted octanol–water partition coefficient (Wildman–Crippen LogP) is 7.77. The van der Waals surface area contributed by atoms with Gasteiger partial charge in [-0.1, -0.05) is 81.2 Å². The van der Waals surface area contributed by atoms with E-state index in [0.717, 1.165) is 0 Å². The van der Waals surface area contributed by atoms with Crippen LogP contribution in [0.25, 0.3) is 0 Å². The minimum Gasteiger partial charge on any atom is -0.109 e. The molecule has 0 bridgehead atoms. The third-order valence-electron chi connectivity index (χ3n) is 0. The average molecular weight is 457 g/mol. The van der Waals surface area contributed by atoms with Crippen molar-refractivity contribution in [1.29, 1.82) is 0 Å². The fourth-order valence-corrected chi connectivity index (χ4v) is 0. The summed E-state index contributed by atoms with van der Waals surface area (Å²) in [5.41, 5.74) is 0. The molecule has 0 N–H and O–H groups in total. The van der Waals surface area contributed by atoms with Gasteiger partial charge in [0.15, 0.2) is 4.30 Å². The van der Waals surface area contributed by atoms with Crippen LogP contribution in [0.3, 0.4) is 0 Å². The van der Waals surface area contributed by atoms with Gasteiger partial charge in [0.05, 0.1) is 5.34 Å². The van der Waals surface area contributed by atoms with Gasteiger partial charge in [0.2, 0.25) is 0 Å². The molecule has 0 aliphatic heterocycles. The van der Waals surface area contributed by atoms with Crippen molar-refractivity contribution in [2.45, 2.75) is 19.3 Å². The molecule has 104 valence electrons. The van der Waals surface area contributed by atoms with Crippen molar-refractivity contribution in [3.05, 3.63) is 0 Å². The molecule has 0 nitrogen and oxygen atoms in total. The first-order valence-corrected chi connectivity index (χ1v) is 7.72. The van der Waals surface area contributed by atoms with Gasteiger partial charge in [-0.05, 0) is 6.92 Å². The molecule has 0 atom stereocenters. The highest BCUT2D eigenvalue weighted by Crippen LogP contribution is 2.29. The lowest BCUT2D eigenvalue weighted by Gasteiger charge is -1.91. The monoisotopic (exact) mass is 452 g/mol. The van der Waals surface area contributed by atoms with Crippen molar-refractivity contribution in [3.63, 3.8) is 0 Å². The first-order valence-electron chi connectivity index (χ1n) is 2.96. The second kappa shape index (κ2) is 20.5.